The number of hydrogen-bond acceptors (Lipinski definition) is 4. The van der Waals surface area contributed by atoms with Crippen LogP contribution < -0.4 is 5.32 Å². The van der Waals surface area contributed by atoms with Crippen molar-refractivity contribution in [2.75, 3.05) is 19.7 Å². The number of likely N-dealkylation sites (tertiary alicyclic amines) is 1. The van der Waals surface area contributed by atoms with Crippen molar-refractivity contribution in [3.8, 4) is 0 Å². The Morgan fingerprint density at radius 3 is 2.70 bits per heavy atom. The minimum Gasteiger partial charge on any atom is -0.373 e. The molecule has 1 aromatic rings. The van der Waals surface area contributed by atoms with Crippen LogP contribution in [0.1, 0.15) is 61.9 Å². The lowest BCUT2D eigenvalue weighted by Gasteiger charge is -2.39. The standard InChI is InChI=1S/C21H29N3O3/c25-19(13-16-5-1-2-6-16)24-11-8-21(9-12-24)14-17(15-27-21)23-20(26)18-7-3-4-10-22-18/h3-4,7,10,16-17H,1-2,5-6,8-9,11-15H2,(H,23,26)/t17-/m1/s1. The number of ether oxygens (including phenoxy) is 1. The predicted molar refractivity (Wildman–Crippen MR) is 101 cm³/mol. The Bertz CT molecular complexity index is 665. The normalized spacial score (nSPS) is 25.0. The van der Waals surface area contributed by atoms with Gasteiger partial charge in [-0.05, 0) is 50.2 Å². The van der Waals surface area contributed by atoms with Crippen molar-refractivity contribution < 1.29 is 14.3 Å². The van der Waals surface area contributed by atoms with E-state index in [4.69, 9.17) is 4.74 Å². The predicted octanol–water partition coefficient (Wildman–Crippen LogP) is 2.54. The molecule has 1 spiro atoms. The summed E-state index contributed by atoms with van der Waals surface area (Å²) in [4.78, 5) is 31.0. The quantitative estimate of drug-likeness (QED) is 0.883. The molecule has 1 aromatic heterocycles. The van der Waals surface area contributed by atoms with Crippen molar-refractivity contribution in [2.24, 2.45) is 5.92 Å². The summed E-state index contributed by atoms with van der Waals surface area (Å²) in [6.07, 6.45) is 9.86. The molecule has 6 nitrogen and oxygen atoms in total. The van der Waals surface area contributed by atoms with E-state index < -0.39 is 0 Å². The lowest BCUT2D eigenvalue weighted by Crippen LogP contribution is -2.47. The highest BCUT2D eigenvalue weighted by molar-refractivity contribution is 5.92. The van der Waals surface area contributed by atoms with Gasteiger partial charge < -0.3 is 15.0 Å². The number of carbonyl (C=O) groups is 2. The van der Waals surface area contributed by atoms with Gasteiger partial charge in [-0.3, -0.25) is 14.6 Å². The third-order valence-corrected chi connectivity index (χ3v) is 6.41. The molecule has 1 atom stereocenters. The molecule has 3 heterocycles. The van der Waals surface area contributed by atoms with Crippen LogP contribution in [0.3, 0.4) is 0 Å². The first-order valence-electron chi connectivity index (χ1n) is 10.3. The van der Waals surface area contributed by atoms with Gasteiger partial charge in [0.25, 0.3) is 5.91 Å². The van der Waals surface area contributed by atoms with Gasteiger partial charge in [-0.1, -0.05) is 18.9 Å². The maximum absolute atomic E-state index is 12.5. The van der Waals surface area contributed by atoms with Gasteiger partial charge >= 0.3 is 0 Å². The third-order valence-electron chi connectivity index (χ3n) is 6.41. The molecule has 2 amide bonds. The first kappa shape index (κ1) is 18.4. The molecule has 1 aliphatic carbocycles. The molecule has 0 aromatic carbocycles. The van der Waals surface area contributed by atoms with Crippen LogP contribution in [-0.4, -0.2) is 53.0 Å². The Balaban J connectivity index is 1.25. The molecule has 3 fully saturated rings. The van der Waals surface area contributed by atoms with Crippen LogP contribution in [0, 0.1) is 5.92 Å². The first-order chi connectivity index (χ1) is 13.1. The summed E-state index contributed by atoms with van der Waals surface area (Å²) in [6.45, 7) is 2.08. The summed E-state index contributed by atoms with van der Waals surface area (Å²) in [5.74, 6) is 0.766. The van der Waals surface area contributed by atoms with E-state index in [1.54, 1.807) is 18.3 Å². The van der Waals surface area contributed by atoms with E-state index in [0.29, 0.717) is 24.1 Å². The van der Waals surface area contributed by atoms with Gasteiger partial charge in [0.1, 0.15) is 5.69 Å². The summed E-state index contributed by atoms with van der Waals surface area (Å²) in [5.41, 5.74) is 0.248. The van der Waals surface area contributed by atoms with Gasteiger partial charge in [0, 0.05) is 25.7 Å². The summed E-state index contributed by atoms with van der Waals surface area (Å²) in [5, 5.41) is 3.04. The van der Waals surface area contributed by atoms with Gasteiger partial charge in [-0.2, -0.15) is 0 Å². The fourth-order valence-corrected chi connectivity index (χ4v) is 4.80. The number of nitrogens with zero attached hydrogens (tertiary/aromatic N) is 2. The van der Waals surface area contributed by atoms with E-state index >= 15 is 0 Å². The largest absolute Gasteiger partial charge is 0.373 e. The van der Waals surface area contributed by atoms with Crippen LogP contribution in [0.4, 0.5) is 0 Å². The van der Waals surface area contributed by atoms with E-state index in [2.05, 4.69) is 10.3 Å². The van der Waals surface area contributed by atoms with Crippen LogP contribution in [0.15, 0.2) is 24.4 Å². The fraction of sp³-hybridized carbons (Fsp3) is 0.667. The molecule has 2 aliphatic heterocycles. The number of piperidine rings is 1. The molecular weight excluding hydrogens is 342 g/mol. The van der Waals surface area contributed by atoms with Crippen molar-refractivity contribution in [2.45, 2.75) is 63.0 Å². The lowest BCUT2D eigenvalue weighted by atomic mass is 9.87. The summed E-state index contributed by atoms with van der Waals surface area (Å²) in [7, 11) is 0. The van der Waals surface area contributed by atoms with Crippen molar-refractivity contribution in [3.05, 3.63) is 30.1 Å². The number of carbonyl (C=O) groups excluding carboxylic acids is 2. The fourth-order valence-electron chi connectivity index (χ4n) is 4.80. The van der Waals surface area contributed by atoms with Crippen LogP contribution in [-0.2, 0) is 9.53 Å². The van der Waals surface area contributed by atoms with Gasteiger partial charge in [-0.15, -0.1) is 0 Å². The zero-order chi connectivity index (χ0) is 18.7. The number of amides is 2. The van der Waals surface area contributed by atoms with Crippen LogP contribution >= 0.6 is 0 Å². The third kappa shape index (κ3) is 4.32. The Kier molecular flexibility index (Phi) is 5.43. The Labute approximate surface area is 160 Å². The lowest BCUT2D eigenvalue weighted by molar-refractivity contribution is -0.137. The van der Waals surface area contributed by atoms with Crippen molar-refractivity contribution in [3.63, 3.8) is 0 Å². The van der Waals surface area contributed by atoms with E-state index in [1.807, 2.05) is 11.0 Å². The number of hydrogen-bond donors (Lipinski definition) is 1. The van der Waals surface area contributed by atoms with Crippen molar-refractivity contribution in [1.82, 2.24) is 15.2 Å². The second-order valence-corrected chi connectivity index (χ2v) is 8.32. The van der Waals surface area contributed by atoms with E-state index in [-0.39, 0.29) is 17.6 Å². The topological polar surface area (TPSA) is 71.5 Å². The first-order valence-corrected chi connectivity index (χ1v) is 10.3. The average molecular weight is 371 g/mol. The number of aromatic nitrogens is 1. The average Bonchev–Trinajstić information content (AvgIpc) is 3.33. The maximum atomic E-state index is 12.5. The van der Waals surface area contributed by atoms with E-state index in [0.717, 1.165) is 38.8 Å². The molecule has 0 unspecified atom stereocenters. The molecule has 0 bridgehead atoms. The van der Waals surface area contributed by atoms with Crippen molar-refractivity contribution >= 4 is 11.8 Å². The SMILES string of the molecule is O=C(N[C@H]1COC2(CCN(C(=O)CC3CCCC3)CC2)C1)c1ccccn1. The van der Waals surface area contributed by atoms with Crippen LogP contribution in [0.5, 0.6) is 0 Å². The highest BCUT2D eigenvalue weighted by Crippen LogP contribution is 2.36. The molecule has 3 aliphatic rings. The summed E-state index contributed by atoms with van der Waals surface area (Å²) < 4.78 is 6.12. The number of rotatable bonds is 4. The monoisotopic (exact) mass is 371 g/mol. The smallest absolute Gasteiger partial charge is 0.270 e. The van der Waals surface area contributed by atoms with Gasteiger partial charge in [0.05, 0.1) is 18.2 Å². The van der Waals surface area contributed by atoms with E-state index in [1.165, 1.54) is 25.7 Å². The molecular formula is C21H29N3O3. The summed E-state index contributed by atoms with van der Waals surface area (Å²) >= 11 is 0. The Morgan fingerprint density at radius 2 is 2.00 bits per heavy atom. The number of pyridine rings is 1. The zero-order valence-electron chi connectivity index (χ0n) is 15.9. The van der Waals surface area contributed by atoms with Gasteiger partial charge in [0.15, 0.2) is 0 Å². The van der Waals surface area contributed by atoms with Crippen molar-refractivity contribution in [1.29, 1.82) is 0 Å². The molecule has 27 heavy (non-hydrogen) atoms. The Morgan fingerprint density at radius 1 is 1.22 bits per heavy atom. The second-order valence-electron chi connectivity index (χ2n) is 8.32. The number of nitrogens with one attached hydrogen (secondary N) is 1. The molecule has 4 rings (SSSR count). The maximum Gasteiger partial charge on any atom is 0.270 e. The minimum atomic E-state index is -0.188. The molecule has 6 heteroatoms. The highest BCUT2D eigenvalue weighted by atomic mass is 16.5. The molecule has 1 N–H and O–H groups in total. The zero-order valence-corrected chi connectivity index (χ0v) is 15.9. The van der Waals surface area contributed by atoms with Crippen LogP contribution in [0.25, 0.3) is 0 Å². The summed E-state index contributed by atoms with van der Waals surface area (Å²) in [6, 6.07) is 5.34. The minimum absolute atomic E-state index is 0.0141. The van der Waals surface area contributed by atoms with Crippen LogP contribution in [0.2, 0.25) is 0 Å². The van der Waals surface area contributed by atoms with Gasteiger partial charge in [-0.25, -0.2) is 0 Å². The molecule has 146 valence electrons. The Hall–Kier alpha value is -1.95. The molecule has 2 saturated heterocycles. The second kappa shape index (κ2) is 7.97. The highest BCUT2D eigenvalue weighted by Gasteiger charge is 2.44. The molecule has 1 saturated carbocycles. The van der Waals surface area contributed by atoms with Gasteiger partial charge in [0.2, 0.25) is 5.91 Å². The molecule has 0 radical (unpaired) electrons. The van der Waals surface area contributed by atoms with E-state index in [9.17, 15) is 9.59 Å².